The van der Waals surface area contributed by atoms with Crippen molar-refractivity contribution in [2.45, 2.75) is 18.6 Å². The smallest absolute Gasteiger partial charge is 0.390 e. The minimum Gasteiger partial charge on any atom is -0.495 e. The molecule has 0 amide bonds. The summed E-state index contributed by atoms with van der Waals surface area (Å²) in [6.07, 6.45) is -5.41. The fourth-order valence-corrected chi connectivity index (χ4v) is 2.02. The molecular weight excluding hydrogens is 350 g/mol. The van der Waals surface area contributed by atoms with Crippen molar-refractivity contribution in [1.82, 2.24) is 0 Å². The number of methoxy groups -OCH3 is 2. The summed E-state index contributed by atoms with van der Waals surface area (Å²) in [5.41, 5.74) is 5.84. The topological polar surface area (TPSA) is 44.5 Å². The van der Waals surface area contributed by atoms with Crippen LogP contribution >= 0.6 is 28.3 Å². The van der Waals surface area contributed by atoms with Crippen LogP contribution in [-0.2, 0) is 0 Å². The van der Waals surface area contributed by atoms with Crippen LogP contribution in [0.2, 0.25) is 0 Å². The second kappa shape index (κ2) is 7.21. The molecule has 1 aromatic rings. The Hall–Kier alpha value is -0.660. The zero-order chi connectivity index (χ0) is 13.9. The fourth-order valence-electron chi connectivity index (χ4n) is 1.47. The van der Waals surface area contributed by atoms with Crippen LogP contribution in [0.5, 0.6) is 11.5 Å². The third kappa shape index (κ3) is 5.08. The van der Waals surface area contributed by atoms with Gasteiger partial charge in [0.05, 0.1) is 20.6 Å². The van der Waals surface area contributed by atoms with Crippen LogP contribution in [0.4, 0.5) is 13.2 Å². The Morgan fingerprint density at radius 3 is 1.95 bits per heavy atom. The number of halogens is 5. The van der Waals surface area contributed by atoms with Crippen molar-refractivity contribution in [3.8, 4) is 11.5 Å². The molecule has 0 heterocycles. The van der Waals surface area contributed by atoms with Crippen LogP contribution in [0.1, 0.15) is 18.0 Å². The number of rotatable bonds is 4. The first-order chi connectivity index (χ1) is 8.28. The Morgan fingerprint density at radius 2 is 1.63 bits per heavy atom. The van der Waals surface area contributed by atoms with E-state index in [0.29, 0.717) is 21.5 Å². The molecule has 0 fully saturated rings. The molecule has 1 atom stereocenters. The minimum absolute atomic E-state index is 0. The van der Waals surface area contributed by atoms with E-state index in [2.05, 4.69) is 15.9 Å². The van der Waals surface area contributed by atoms with Gasteiger partial charge in [-0.05, 0) is 33.6 Å². The van der Waals surface area contributed by atoms with Crippen molar-refractivity contribution >= 4 is 28.3 Å². The summed E-state index contributed by atoms with van der Waals surface area (Å²) >= 11 is 3.23. The lowest BCUT2D eigenvalue weighted by Gasteiger charge is -2.17. The summed E-state index contributed by atoms with van der Waals surface area (Å²) in [4.78, 5) is 0. The molecule has 0 spiro atoms. The van der Waals surface area contributed by atoms with Crippen molar-refractivity contribution in [3.05, 3.63) is 22.2 Å². The number of hydrogen-bond acceptors (Lipinski definition) is 3. The zero-order valence-electron chi connectivity index (χ0n) is 10.3. The van der Waals surface area contributed by atoms with Gasteiger partial charge in [-0.3, -0.25) is 0 Å². The molecule has 19 heavy (non-hydrogen) atoms. The minimum atomic E-state index is -4.31. The third-order valence-corrected chi connectivity index (χ3v) is 3.13. The van der Waals surface area contributed by atoms with Crippen LogP contribution in [0.15, 0.2) is 16.6 Å². The predicted molar refractivity (Wildman–Crippen MR) is 72.1 cm³/mol. The molecule has 3 nitrogen and oxygen atoms in total. The Kier molecular flexibility index (Phi) is 6.96. The van der Waals surface area contributed by atoms with Crippen LogP contribution in [-0.4, -0.2) is 20.4 Å². The number of hydrogen-bond donors (Lipinski definition) is 1. The van der Waals surface area contributed by atoms with Gasteiger partial charge in [-0.1, -0.05) is 0 Å². The van der Waals surface area contributed by atoms with E-state index in [4.69, 9.17) is 15.2 Å². The lowest BCUT2D eigenvalue weighted by Crippen LogP contribution is -2.20. The van der Waals surface area contributed by atoms with Gasteiger partial charge in [0.15, 0.2) is 0 Å². The fraction of sp³-hybridized carbons (Fsp3) is 0.455. The van der Waals surface area contributed by atoms with E-state index >= 15 is 0 Å². The van der Waals surface area contributed by atoms with Crippen molar-refractivity contribution < 1.29 is 22.6 Å². The summed E-state index contributed by atoms with van der Waals surface area (Å²) in [5.74, 6) is 0.754. The second-order valence-electron chi connectivity index (χ2n) is 3.67. The maximum atomic E-state index is 12.3. The Morgan fingerprint density at radius 1 is 1.21 bits per heavy atom. The number of ether oxygens (including phenoxy) is 2. The molecule has 0 aromatic heterocycles. The molecule has 0 unspecified atom stereocenters. The summed E-state index contributed by atoms with van der Waals surface area (Å²) in [6, 6.07) is 1.77. The van der Waals surface area contributed by atoms with Crippen molar-refractivity contribution in [3.63, 3.8) is 0 Å². The lowest BCUT2D eigenvalue weighted by molar-refractivity contribution is -0.138. The first kappa shape index (κ1) is 18.3. The third-order valence-electron chi connectivity index (χ3n) is 2.35. The Balaban J connectivity index is 0.00000324. The summed E-state index contributed by atoms with van der Waals surface area (Å²) in [7, 11) is 2.83. The predicted octanol–water partition coefficient (Wildman–Crippen LogP) is 3.84. The molecule has 0 aliphatic heterocycles. The van der Waals surface area contributed by atoms with Gasteiger partial charge in [-0.2, -0.15) is 13.2 Å². The average molecular weight is 365 g/mol. The summed E-state index contributed by atoms with van der Waals surface area (Å²) in [5, 5.41) is 0. The van der Waals surface area contributed by atoms with E-state index < -0.39 is 18.6 Å². The monoisotopic (exact) mass is 363 g/mol. The molecule has 0 saturated heterocycles. The maximum Gasteiger partial charge on any atom is 0.390 e. The van der Waals surface area contributed by atoms with Crippen molar-refractivity contribution in [2.75, 3.05) is 14.2 Å². The highest BCUT2D eigenvalue weighted by molar-refractivity contribution is 9.10. The van der Waals surface area contributed by atoms with E-state index in [9.17, 15) is 13.2 Å². The van der Waals surface area contributed by atoms with E-state index in [-0.39, 0.29) is 12.4 Å². The first-order valence-electron chi connectivity index (χ1n) is 5.02. The van der Waals surface area contributed by atoms with Gasteiger partial charge < -0.3 is 15.2 Å². The van der Waals surface area contributed by atoms with Crippen molar-refractivity contribution in [1.29, 1.82) is 0 Å². The number of nitrogens with two attached hydrogens (primary N) is 1. The maximum absolute atomic E-state index is 12.3. The van der Waals surface area contributed by atoms with E-state index in [0.717, 1.165) is 0 Å². The summed E-state index contributed by atoms with van der Waals surface area (Å²) < 4.78 is 47.5. The molecular formula is C11H14BrClF3NO2. The molecule has 110 valence electrons. The van der Waals surface area contributed by atoms with Crippen LogP contribution in [0.3, 0.4) is 0 Å². The molecule has 0 aliphatic rings. The number of benzene rings is 1. The van der Waals surface area contributed by atoms with Gasteiger partial charge >= 0.3 is 6.18 Å². The van der Waals surface area contributed by atoms with E-state index in [1.54, 1.807) is 0 Å². The quantitative estimate of drug-likeness (QED) is 0.883. The van der Waals surface area contributed by atoms with Gasteiger partial charge in [-0.15, -0.1) is 12.4 Å². The molecule has 1 aromatic carbocycles. The summed E-state index contributed by atoms with van der Waals surface area (Å²) in [6.45, 7) is 0. The average Bonchev–Trinajstić information content (AvgIpc) is 2.27. The molecule has 2 N–H and O–H groups in total. The van der Waals surface area contributed by atoms with E-state index in [1.165, 1.54) is 26.4 Å². The van der Waals surface area contributed by atoms with E-state index in [1.807, 2.05) is 0 Å². The van der Waals surface area contributed by atoms with Crippen LogP contribution < -0.4 is 15.2 Å². The molecule has 0 bridgehead atoms. The highest BCUT2D eigenvalue weighted by atomic mass is 79.9. The Bertz CT molecular complexity index is 404. The Labute approximate surface area is 123 Å². The molecule has 0 saturated carbocycles. The van der Waals surface area contributed by atoms with Gasteiger partial charge in [0, 0.05) is 6.04 Å². The lowest BCUT2D eigenvalue weighted by atomic mass is 10.0. The molecule has 1 rings (SSSR count). The normalized spacial score (nSPS) is 12.6. The molecule has 0 aliphatic carbocycles. The van der Waals surface area contributed by atoms with Crippen LogP contribution in [0, 0.1) is 0 Å². The molecule has 8 heteroatoms. The number of alkyl halides is 3. The molecule has 0 radical (unpaired) electrons. The van der Waals surface area contributed by atoms with Gasteiger partial charge in [-0.25, -0.2) is 0 Å². The largest absolute Gasteiger partial charge is 0.495 e. The highest BCUT2D eigenvalue weighted by Gasteiger charge is 2.31. The first-order valence-corrected chi connectivity index (χ1v) is 5.81. The zero-order valence-corrected chi connectivity index (χ0v) is 12.7. The second-order valence-corrected chi connectivity index (χ2v) is 4.46. The highest BCUT2D eigenvalue weighted by Crippen LogP contribution is 2.38. The van der Waals surface area contributed by atoms with Gasteiger partial charge in [0.25, 0.3) is 0 Å². The standard InChI is InChI=1S/C11H13BrF3NO2.ClH/c1-17-8-3-6(4-9(18-2)10(8)12)7(16)5-11(13,14)15;/h3-4,7H,5,16H2,1-2H3;1H/t7-;/m1./s1. The van der Waals surface area contributed by atoms with Crippen molar-refractivity contribution in [2.24, 2.45) is 5.73 Å². The SMILES string of the molecule is COc1cc([C@H](N)CC(F)(F)F)cc(OC)c1Br.Cl. The van der Waals surface area contributed by atoms with Crippen LogP contribution in [0.25, 0.3) is 0 Å². The van der Waals surface area contributed by atoms with Gasteiger partial charge in [0.2, 0.25) is 0 Å². The van der Waals surface area contributed by atoms with Gasteiger partial charge in [0.1, 0.15) is 16.0 Å².